The van der Waals surface area contributed by atoms with Crippen molar-refractivity contribution in [3.63, 3.8) is 0 Å². The lowest BCUT2D eigenvalue weighted by atomic mass is 10.2. The van der Waals surface area contributed by atoms with Gasteiger partial charge in [-0.05, 0) is 36.2 Å². The Hall–Kier alpha value is -2.09. The van der Waals surface area contributed by atoms with Gasteiger partial charge >= 0.3 is 0 Å². The molecule has 1 heterocycles. The third kappa shape index (κ3) is 4.17. The van der Waals surface area contributed by atoms with Crippen molar-refractivity contribution in [3.05, 3.63) is 59.1 Å². The van der Waals surface area contributed by atoms with Gasteiger partial charge in [-0.1, -0.05) is 35.9 Å². The standard InChI is InChI=1S/C18H21ClN4O2S/c1-20-18(23-12-9-14-5-2-3-8-17(14)23)21-10-11-22-26(24,25)16-7-4-6-15(19)13-16/h2-8,13,22H,9-12H2,1H3,(H,20,21). The molecule has 1 aliphatic rings. The summed E-state index contributed by atoms with van der Waals surface area (Å²) < 4.78 is 27.1. The van der Waals surface area contributed by atoms with E-state index in [0.717, 1.165) is 24.6 Å². The van der Waals surface area contributed by atoms with Crippen LogP contribution in [0.3, 0.4) is 0 Å². The number of benzene rings is 2. The van der Waals surface area contributed by atoms with Crippen LogP contribution in [0, 0.1) is 0 Å². The lowest BCUT2D eigenvalue weighted by molar-refractivity contribution is 0.580. The van der Waals surface area contributed by atoms with E-state index in [1.165, 1.54) is 17.7 Å². The highest BCUT2D eigenvalue weighted by molar-refractivity contribution is 7.89. The van der Waals surface area contributed by atoms with Gasteiger partial charge in [0.2, 0.25) is 10.0 Å². The zero-order valence-electron chi connectivity index (χ0n) is 14.4. The maximum absolute atomic E-state index is 12.3. The molecule has 2 N–H and O–H groups in total. The number of para-hydroxylation sites is 1. The van der Waals surface area contributed by atoms with E-state index in [0.29, 0.717) is 11.6 Å². The van der Waals surface area contributed by atoms with Gasteiger partial charge in [0.15, 0.2) is 5.96 Å². The summed E-state index contributed by atoms with van der Waals surface area (Å²) in [4.78, 5) is 6.58. The highest BCUT2D eigenvalue weighted by Gasteiger charge is 2.22. The van der Waals surface area contributed by atoms with Crippen molar-refractivity contribution in [3.8, 4) is 0 Å². The molecule has 0 bridgehead atoms. The highest BCUT2D eigenvalue weighted by Crippen LogP contribution is 2.27. The van der Waals surface area contributed by atoms with E-state index in [-0.39, 0.29) is 11.4 Å². The normalized spacial score (nSPS) is 14.4. The molecule has 8 heteroatoms. The molecular formula is C18H21ClN4O2S. The van der Waals surface area contributed by atoms with Gasteiger partial charge < -0.3 is 10.2 Å². The van der Waals surface area contributed by atoms with Gasteiger partial charge in [-0.2, -0.15) is 0 Å². The second kappa shape index (κ2) is 8.07. The SMILES string of the molecule is CN=C(NCCNS(=O)(=O)c1cccc(Cl)c1)N1CCc2ccccc21. The molecule has 2 aromatic carbocycles. The first kappa shape index (κ1) is 18.7. The Labute approximate surface area is 158 Å². The van der Waals surface area contributed by atoms with Crippen LogP contribution in [-0.2, 0) is 16.4 Å². The van der Waals surface area contributed by atoms with Crippen LogP contribution in [0.2, 0.25) is 5.02 Å². The molecule has 2 aromatic rings. The molecule has 0 saturated heterocycles. The Balaban J connectivity index is 1.56. The Kier molecular flexibility index (Phi) is 5.80. The number of sulfonamides is 1. The molecule has 0 fully saturated rings. The van der Waals surface area contributed by atoms with Gasteiger partial charge in [-0.15, -0.1) is 0 Å². The van der Waals surface area contributed by atoms with Crippen LogP contribution in [0.25, 0.3) is 0 Å². The minimum Gasteiger partial charge on any atom is -0.355 e. The van der Waals surface area contributed by atoms with Crippen LogP contribution in [-0.4, -0.2) is 41.1 Å². The summed E-state index contributed by atoms with van der Waals surface area (Å²) in [6.45, 7) is 1.52. The summed E-state index contributed by atoms with van der Waals surface area (Å²) >= 11 is 5.86. The maximum Gasteiger partial charge on any atom is 0.240 e. The summed E-state index contributed by atoms with van der Waals surface area (Å²) in [6.07, 6.45) is 0.971. The zero-order valence-corrected chi connectivity index (χ0v) is 16.0. The topological polar surface area (TPSA) is 73.8 Å². The van der Waals surface area contributed by atoms with E-state index in [1.54, 1.807) is 19.2 Å². The van der Waals surface area contributed by atoms with E-state index in [9.17, 15) is 8.42 Å². The number of nitrogens with one attached hydrogen (secondary N) is 2. The molecule has 1 aliphatic heterocycles. The van der Waals surface area contributed by atoms with E-state index >= 15 is 0 Å². The molecule has 0 amide bonds. The number of aliphatic imine (C=N–C) groups is 1. The van der Waals surface area contributed by atoms with Crippen LogP contribution in [0.5, 0.6) is 0 Å². The van der Waals surface area contributed by atoms with Crippen molar-refractivity contribution in [2.45, 2.75) is 11.3 Å². The smallest absolute Gasteiger partial charge is 0.240 e. The molecule has 26 heavy (non-hydrogen) atoms. The number of halogens is 1. The summed E-state index contributed by atoms with van der Waals surface area (Å²) in [5.74, 6) is 0.733. The fourth-order valence-corrected chi connectivity index (χ4v) is 4.26. The van der Waals surface area contributed by atoms with Crippen LogP contribution in [0.15, 0.2) is 58.4 Å². The average Bonchev–Trinajstić information content (AvgIpc) is 3.06. The van der Waals surface area contributed by atoms with Gasteiger partial charge in [0.25, 0.3) is 0 Å². The van der Waals surface area contributed by atoms with Crippen LogP contribution < -0.4 is 14.9 Å². The van der Waals surface area contributed by atoms with Crippen molar-refractivity contribution < 1.29 is 8.42 Å². The second-order valence-electron chi connectivity index (χ2n) is 5.86. The molecule has 0 unspecified atom stereocenters. The molecular weight excluding hydrogens is 372 g/mol. The lowest BCUT2D eigenvalue weighted by Crippen LogP contribution is -2.43. The van der Waals surface area contributed by atoms with Gasteiger partial charge in [-0.25, -0.2) is 13.1 Å². The minimum absolute atomic E-state index is 0.155. The van der Waals surface area contributed by atoms with E-state index < -0.39 is 10.0 Å². The van der Waals surface area contributed by atoms with Crippen molar-refractivity contribution in [2.24, 2.45) is 4.99 Å². The van der Waals surface area contributed by atoms with Crippen molar-refractivity contribution in [2.75, 3.05) is 31.6 Å². The summed E-state index contributed by atoms with van der Waals surface area (Å²) in [5.41, 5.74) is 2.43. The maximum atomic E-state index is 12.3. The van der Waals surface area contributed by atoms with Gasteiger partial charge in [-0.3, -0.25) is 4.99 Å². The predicted octanol–water partition coefficient (Wildman–Crippen LogP) is 2.26. The lowest BCUT2D eigenvalue weighted by Gasteiger charge is -2.22. The van der Waals surface area contributed by atoms with Gasteiger partial charge in [0, 0.05) is 37.4 Å². The van der Waals surface area contributed by atoms with E-state index in [4.69, 9.17) is 11.6 Å². The summed E-state index contributed by atoms with van der Waals surface area (Å²) in [5, 5.41) is 3.60. The molecule has 0 aliphatic carbocycles. The number of rotatable bonds is 5. The first-order valence-corrected chi connectivity index (χ1v) is 10.2. The molecule has 0 aromatic heterocycles. The number of anilines is 1. The molecule has 3 rings (SSSR count). The van der Waals surface area contributed by atoms with Crippen LogP contribution >= 0.6 is 11.6 Å². The Bertz CT molecular complexity index is 915. The third-order valence-electron chi connectivity index (χ3n) is 4.16. The largest absolute Gasteiger partial charge is 0.355 e. The van der Waals surface area contributed by atoms with E-state index in [1.807, 2.05) is 12.1 Å². The van der Waals surface area contributed by atoms with Crippen molar-refractivity contribution in [1.82, 2.24) is 10.0 Å². The third-order valence-corrected chi connectivity index (χ3v) is 5.86. The number of nitrogens with zero attached hydrogens (tertiary/aromatic N) is 2. The molecule has 138 valence electrons. The molecule has 6 nitrogen and oxygen atoms in total. The highest BCUT2D eigenvalue weighted by atomic mass is 35.5. The first-order chi connectivity index (χ1) is 12.5. The van der Waals surface area contributed by atoms with Crippen LogP contribution in [0.1, 0.15) is 5.56 Å². The quantitative estimate of drug-likeness (QED) is 0.465. The summed E-state index contributed by atoms with van der Waals surface area (Å²) in [6, 6.07) is 14.4. The molecule has 0 spiro atoms. The minimum atomic E-state index is -3.58. The first-order valence-electron chi connectivity index (χ1n) is 8.32. The number of hydrogen-bond donors (Lipinski definition) is 2. The average molecular weight is 393 g/mol. The summed E-state index contributed by atoms with van der Waals surface area (Å²) in [7, 11) is -1.86. The Morgan fingerprint density at radius 2 is 2.00 bits per heavy atom. The fraction of sp³-hybridized carbons (Fsp3) is 0.278. The van der Waals surface area contributed by atoms with Crippen molar-refractivity contribution in [1.29, 1.82) is 0 Å². The monoisotopic (exact) mass is 392 g/mol. The Morgan fingerprint density at radius 1 is 1.19 bits per heavy atom. The Morgan fingerprint density at radius 3 is 2.77 bits per heavy atom. The second-order valence-corrected chi connectivity index (χ2v) is 8.06. The van der Waals surface area contributed by atoms with E-state index in [2.05, 4.69) is 32.1 Å². The molecule has 0 saturated carbocycles. The van der Waals surface area contributed by atoms with Crippen molar-refractivity contribution >= 4 is 33.3 Å². The van der Waals surface area contributed by atoms with Gasteiger partial charge in [0.05, 0.1) is 4.90 Å². The molecule has 0 atom stereocenters. The predicted molar refractivity (Wildman–Crippen MR) is 105 cm³/mol. The van der Waals surface area contributed by atoms with Gasteiger partial charge in [0.1, 0.15) is 0 Å². The number of guanidine groups is 1. The number of fused-ring (bicyclic) bond motifs is 1. The molecule has 0 radical (unpaired) electrons. The number of hydrogen-bond acceptors (Lipinski definition) is 3. The zero-order chi connectivity index (χ0) is 18.6. The van der Waals surface area contributed by atoms with Crippen LogP contribution in [0.4, 0.5) is 5.69 Å². The fourth-order valence-electron chi connectivity index (χ4n) is 2.93.